The lowest BCUT2D eigenvalue weighted by atomic mass is 10.2. The molecule has 1 saturated heterocycles. The Balaban J connectivity index is 1.46. The Morgan fingerprint density at radius 2 is 1.85 bits per heavy atom. The molecule has 0 aliphatic carbocycles. The Bertz CT molecular complexity index is 1110. The molecule has 1 aliphatic rings. The van der Waals surface area contributed by atoms with Gasteiger partial charge in [-0.05, 0) is 37.3 Å². The molecule has 3 aromatic rings. The normalized spacial score (nSPS) is 14.4. The number of amides is 1. The summed E-state index contributed by atoms with van der Waals surface area (Å²) in [6.45, 7) is 5.94. The van der Waals surface area contributed by atoms with Gasteiger partial charge in [0.05, 0.1) is 12.2 Å². The number of nitrogens with zero attached hydrogens (tertiary/aromatic N) is 6. The third kappa shape index (κ3) is 6.12. The summed E-state index contributed by atoms with van der Waals surface area (Å²) in [5.74, 6) is 1.81. The SMILES string of the molecule is CC=Cc1nc(Nc2ccc(C(=O)Nc3ccccc3)cn2)nc(N2CCN(CCO)CC2)n1. The molecule has 0 bridgehead atoms. The molecular formula is C24H28N8O2. The highest BCUT2D eigenvalue weighted by molar-refractivity contribution is 6.04. The van der Waals surface area contributed by atoms with E-state index in [2.05, 4.69) is 40.4 Å². The standard InChI is InChI=1S/C24H28N8O2/c1-2-6-21-28-23(30-24(29-21)32-13-11-31(12-14-32)15-16-33)27-20-10-9-18(17-25-20)22(34)26-19-7-4-3-5-8-19/h2-10,17,33H,11-16H2,1H3,(H,26,34)(H,25,27,28,29,30). The van der Waals surface area contributed by atoms with E-state index in [-0.39, 0.29) is 12.5 Å². The molecule has 0 spiro atoms. The average Bonchev–Trinajstić information content (AvgIpc) is 2.86. The van der Waals surface area contributed by atoms with Gasteiger partial charge in [0.25, 0.3) is 5.91 Å². The van der Waals surface area contributed by atoms with Crippen LogP contribution in [0.3, 0.4) is 0 Å². The van der Waals surface area contributed by atoms with Crippen LogP contribution in [0.1, 0.15) is 23.1 Å². The second-order valence-corrected chi connectivity index (χ2v) is 7.75. The molecule has 10 nitrogen and oxygen atoms in total. The molecule has 3 N–H and O–H groups in total. The summed E-state index contributed by atoms with van der Waals surface area (Å²) < 4.78 is 0. The summed E-state index contributed by atoms with van der Waals surface area (Å²) >= 11 is 0. The first-order valence-electron chi connectivity index (χ1n) is 11.2. The summed E-state index contributed by atoms with van der Waals surface area (Å²) in [7, 11) is 0. The maximum atomic E-state index is 12.4. The van der Waals surface area contributed by atoms with Crippen molar-refractivity contribution in [2.24, 2.45) is 0 Å². The number of aliphatic hydroxyl groups excluding tert-OH is 1. The Labute approximate surface area is 198 Å². The molecule has 0 atom stereocenters. The van der Waals surface area contributed by atoms with Crippen molar-refractivity contribution in [1.82, 2.24) is 24.8 Å². The number of benzene rings is 1. The molecule has 34 heavy (non-hydrogen) atoms. The van der Waals surface area contributed by atoms with Gasteiger partial charge in [-0.15, -0.1) is 0 Å². The zero-order valence-corrected chi connectivity index (χ0v) is 19.1. The third-order valence-electron chi connectivity index (χ3n) is 5.33. The molecule has 1 fully saturated rings. The number of aromatic nitrogens is 4. The van der Waals surface area contributed by atoms with E-state index in [1.165, 1.54) is 6.20 Å². The summed E-state index contributed by atoms with van der Waals surface area (Å²) in [6, 6.07) is 12.7. The zero-order valence-electron chi connectivity index (χ0n) is 19.1. The minimum Gasteiger partial charge on any atom is -0.395 e. The summed E-state index contributed by atoms with van der Waals surface area (Å²) in [4.78, 5) is 34.7. The lowest BCUT2D eigenvalue weighted by molar-refractivity contribution is 0.102. The second-order valence-electron chi connectivity index (χ2n) is 7.75. The zero-order chi connectivity index (χ0) is 23.8. The summed E-state index contributed by atoms with van der Waals surface area (Å²) in [6.07, 6.45) is 5.21. The molecule has 2 aromatic heterocycles. The Morgan fingerprint density at radius 1 is 1.06 bits per heavy atom. The Kier molecular flexibility index (Phi) is 7.74. The lowest BCUT2D eigenvalue weighted by Crippen LogP contribution is -2.47. The first-order chi connectivity index (χ1) is 16.6. The number of rotatable bonds is 8. The third-order valence-corrected chi connectivity index (χ3v) is 5.33. The lowest BCUT2D eigenvalue weighted by Gasteiger charge is -2.34. The first kappa shape index (κ1) is 23.3. The van der Waals surface area contributed by atoms with Crippen molar-refractivity contribution in [1.29, 1.82) is 0 Å². The monoisotopic (exact) mass is 460 g/mol. The highest BCUT2D eigenvalue weighted by atomic mass is 16.3. The van der Waals surface area contributed by atoms with Crippen molar-refractivity contribution in [3.63, 3.8) is 0 Å². The average molecular weight is 461 g/mol. The van der Waals surface area contributed by atoms with E-state index >= 15 is 0 Å². The maximum Gasteiger partial charge on any atom is 0.257 e. The molecular weight excluding hydrogens is 432 g/mol. The number of anilines is 4. The minimum atomic E-state index is -0.233. The van der Waals surface area contributed by atoms with E-state index in [0.717, 1.165) is 31.9 Å². The van der Waals surface area contributed by atoms with Crippen LogP contribution in [0.4, 0.5) is 23.4 Å². The first-order valence-corrected chi connectivity index (χ1v) is 11.2. The predicted molar refractivity (Wildman–Crippen MR) is 132 cm³/mol. The molecule has 1 aromatic carbocycles. The molecule has 10 heteroatoms. The van der Waals surface area contributed by atoms with Gasteiger partial charge in [0.1, 0.15) is 5.82 Å². The van der Waals surface area contributed by atoms with Gasteiger partial charge in [-0.3, -0.25) is 9.69 Å². The Hall–Kier alpha value is -3.89. The molecule has 0 unspecified atom stereocenters. The second kappa shape index (κ2) is 11.3. The number of nitrogens with one attached hydrogen (secondary N) is 2. The molecule has 3 heterocycles. The minimum absolute atomic E-state index is 0.158. The fourth-order valence-corrected chi connectivity index (χ4v) is 3.56. The van der Waals surface area contributed by atoms with E-state index < -0.39 is 0 Å². The van der Waals surface area contributed by atoms with Gasteiger partial charge in [0, 0.05) is 44.6 Å². The van der Waals surface area contributed by atoms with E-state index in [0.29, 0.717) is 35.6 Å². The van der Waals surface area contributed by atoms with Crippen molar-refractivity contribution in [3.05, 3.63) is 66.1 Å². The quantitative estimate of drug-likeness (QED) is 0.465. The van der Waals surface area contributed by atoms with Crippen LogP contribution in [0, 0.1) is 0 Å². The highest BCUT2D eigenvalue weighted by Gasteiger charge is 2.20. The van der Waals surface area contributed by atoms with Crippen molar-refractivity contribution in [3.8, 4) is 0 Å². The van der Waals surface area contributed by atoms with Crippen LogP contribution in [0.15, 0.2) is 54.7 Å². The Morgan fingerprint density at radius 3 is 2.53 bits per heavy atom. The van der Waals surface area contributed by atoms with Crippen LogP contribution in [-0.2, 0) is 0 Å². The van der Waals surface area contributed by atoms with Gasteiger partial charge in [-0.25, -0.2) is 4.98 Å². The van der Waals surface area contributed by atoms with Gasteiger partial charge in [0.2, 0.25) is 11.9 Å². The fraction of sp³-hybridized carbons (Fsp3) is 0.292. The summed E-state index contributed by atoms with van der Waals surface area (Å²) in [5.41, 5.74) is 1.17. The van der Waals surface area contributed by atoms with Crippen molar-refractivity contribution >= 4 is 35.4 Å². The van der Waals surface area contributed by atoms with Crippen molar-refractivity contribution < 1.29 is 9.90 Å². The maximum absolute atomic E-state index is 12.4. The molecule has 176 valence electrons. The van der Waals surface area contributed by atoms with Crippen LogP contribution in [0.25, 0.3) is 6.08 Å². The molecule has 1 aliphatic heterocycles. The largest absolute Gasteiger partial charge is 0.395 e. The van der Waals surface area contributed by atoms with Gasteiger partial charge in [-0.1, -0.05) is 24.3 Å². The number of aliphatic hydroxyl groups is 1. The van der Waals surface area contributed by atoms with Crippen LogP contribution in [0.5, 0.6) is 0 Å². The van der Waals surface area contributed by atoms with Gasteiger partial charge < -0.3 is 20.6 Å². The van der Waals surface area contributed by atoms with Gasteiger partial charge in [-0.2, -0.15) is 15.0 Å². The number of para-hydroxylation sites is 1. The van der Waals surface area contributed by atoms with E-state index in [1.54, 1.807) is 12.1 Å². The van der Waals surface area contributed by atoms with Crippen molar-refractivity contribution in [2.75, 3.05) is 54.9 Å². The molecule has 0 saturated carbocycles. The van der Waals surface area contributed by atoms with E-state index in [9.17, 15) is 4.79 Å². The van der Waals surface area contributed by atoms with Crippen molar-refractivity contribution in [2.45, 2.75) is 6.92 Å². The smallest absolute Gasteiger partial charge is 0.257 e. The van der Waals surface area contributed by atoms with Crippen LogP contribution in [0.2, 0.25) is 0 Å². The number of β-amino-alcohol motifs (C(OH)–C–C–N with tert-alkyl or cyclic N) is 1. The topological polar surface area (TPSA) is 119 Å². The fourth-order valence-electron chi connectivity index (χ4n) is 3.56. The van der Waals surface area contributed by atoms with E-state index in [4.69, 9.17) is 5.11 Å². The number of piperazine rings is 1. The van der Waals surface area contributed by atoms with Crippen LogP contribution >= 0.6 is 0 Å². The van der Waals surface area contributed by atoms with E-state index in [1.807, 2.05) is 49.4 Å². The number of carbonyl (C=O) groups excluding carboxylic acids is 1. The number of pyridine rings is 1. The molecule has 1 amide bonds. The number of hydrogen-bond donors (Lipinski definition) is 3. The summed E-state index contributed by atoms with van der Waals surface area (Å²) in [5, 5.41) is 15.1. The number of hydrogen-bond acceptors (Lipinski definition) is 9. The number of allylic oxidation sites excluding steroid dienone is 1. The van der Waals surface area contributed by atoms with Crippen LogP contribution < -0.4 is 15.5 Å². The van der Waals surface area contributed by atoms with Crippen LogP contribution in [-0.4, -0.2) is 75.2 Å². The molecule has 0 radical (unpaired) electrons. The highest BCUT2D eigenvalue weighted by Crippen LogP contribution is 2.18. The predicted octanol–water partition coefficient (Wildman–Crippen LogP) is 2.41. The van der Waals surface area contributed by atoms with Gasteiger partial charge >= 0.3 is 0 Å². The molecule has 4 rings (SSSR count). The van der Waals surface area contributed by atoms with Gasteiger partial charge in [0.15, 0.2) is 5.82 Å². The number of carbonyl (C=O) groups is 1.